The van der Waals surface area contributed by atoms with Gasteiger partial charge >= 0.3 is 0 Å². The highest BCUT2D eigenvalue weighted by atomic mass is 15.1. The first-order chi connectivity index (χ1) is 9.01. The van der Waals surface area contributed by atoms with Crippen molar-refractivity contribution >= 4 is 11.6 Å². The summed E-state index contributed by atoms with van der Waals surface area (Å²) in [5.74, 6) is 3.01. The Bertz CT molecular complexity index is 376. The van der Waals surface area contributed by atoms with E-state index in [0.717, 1.165) is 36.8 Å². The number of aromatic nitrogens is 2. The Morgan fingerprint density at radius 3 is 2.58 bits per heavy atom. The molecular weight excluding hydrogens is 236 g/mol. The van der Waals surface area contributed by atoms with Crippen LogP contribution in [0.1, 0.15) is 59.2 Å². The molecular formula is C15H28N4. The van der Waals surface area contributed by atoms with Crippen molar-refractivity contribution in [3.05, 3.63) is 11.9 Å². The molecule has 0 aromatic carbocycles. The summed E-state index contributed by atoms with van der Waals surface area (Å²) in [6.45, 7) is 8.84. The fourth-order valence-corrected chi connectivity index (χ4v) is 2.08. The largest absolute Gasteiger partial charge is 0.384 e. The van der Waals surface area contributed by atoms with Crippen molar-refractivity contribution < 1.29 is 0 Å². The first-order valence-electron chi connectivity index (χ1n) is 7.41. The Labute approximate surface area is 117 Å². The SMILES string of the molecule is CCCc1nc(N)cc(NC(C)CCCC(C)C)n1. The molecule has 0 bridgehead atoms. The second-order valence-corrected chi connectivity index (χ2v) is 5.71. The van der Waals surface area contributed by atoms with Crippen LogP contribution in [0.2, 0.25) is 0 Å². The van der Waals surface area contributed by atoms with Gasteiger partial charge in [-0.15, -0.1) is 0 Å². The molecule has 4 nitrogen and oxygen atoms in total. The van der Waals surface area contributed by atoms with Crippen LogP contribution in [0, 0.1) is 5.92 Å². The molecule has 1 atom stereocenters. The Balaban J connectivity index is 2.51. The number of rotatable bonds is 8. The summed E-state index contributed by atoms with van der Waals surface area (Å²) >= 11 is 0. The molecule has 1 rings (SSSR count). The van der Waals surface area contributed by atoms with Crippen LogP contribution in [0.5, 0.6) is 0 Å². The molecule has 108 valence electrons. The van der Waals surface area contributed by atoms with Gasteiger partial charge in [-0.25, -0.2) is 9.97 Å². The lowest BCUT2D eigenvalue weighted by Gasteiger charge is -2.16. The second kappa shape index (κ2) is 7.97. The second-order valence-electron chi connectivity index (χ2n) is 5.71. The molecule has 0 saturated carbocycles. The van der Waals surface area contributed by atoms with E-state index in [-0.39, 0.29) is 0 Å². The van der Waals surface area contributed by atoms with Gasteiger partial charge in [-0.2, -0.15) is 0 Å². The van der Waals surface area contributed by atoms with E-state index in [2.05, 4.69) is 43.0 Å². The maximum Gasteiger partial charge on any atom is 0.133 e. The lowest BCUT2D eigenvalue weighted by molar-refractivity contribution is 0.520. The monoisotopic (exact) mass is 264 g/mol. The van der Waals surface area contributed by atoms with E-state index in [1.807, 2.05) is 6.07 Å². The van der Waals surface area contributed by atoms with Gasteiger partial charge in [0.1, 0.15) is 17.5 Å². The van der Waals surface area contributed by atoms with E-state index in [1.165, 1.54) is 12.8 Å². The average molecular weight is 264 g/mol. The molecule has 0 aliphatic rings. The van der Waals surface area contributed by atoms with Gasteiger partial charge in [-0.3, -0.25) is 0 Å². The minimum absolute atomic E-state index is 0.419. The minimum atomic E-state index is 0.419. The fourth-order valence-electron chi connectivity index (χ4n) is 2.08. The topological polar surface area (TPSA) is 63.8 Å². The van der Waals surface area contributed by atoms with Crippen LogP contribution in [0.4, 0.5) is 11.6 Å². The highest BCUT2D eigenvalue weighted by Gasteiger charge is 2.06. The van der Waals surface area contributed by atoms with E-state index in [1.54, 1.807) is 0 Å². The number of anilines is 2. The van der Waals surface area contributed by atoms with Gasteiger partial charge in [0.2, 0.25) is 0 Å². The lowest BCUT2D eigenvalue weighted by Crippen LogP contribution is -2.17. The molecule has 0 radical (unpaired) electrons. The Kier molecular flexibility index (Phi) is 6.60. The van der Waals surface area contributed by atoms with Crippen molar-refractivity contribution in [1.29, 1.82) is 0 Å². The number of aryl methyl sites for hydroxylation is 1. The van der Waals surface area contributed by atoms with Gasteiger partial charge in [0.15, 0.2) is 0 Å². The van der Waals surface area contributed by atoms with Gasteiger partial charge in [0, 0.05) is 18.5 Å². The molecule has 1 unspecified atom stereocenters. The van der Waals surface area contributed by atoms with Gasteiger partial charge in [-0.05, 0) is 25.7 Å². The minimum Gasteiger partial charge on any atom is -0.384 e. The van der Waals surface area contributed by atoms with Crippen LogP contribution in [-0.2, 0) is 6.42 Å². The lowest BCUT2D eigenvalue weighted by atomic mass is 10.0. The average Bonchev–Trinajstić information content (AvgIpc) is 2.27. The highest BCUT2D eigenvalue weighted by molar-refractivity contribution is 5.45. The molecule has 19 heavy (non-hydrogen) atoms. The van der Waals surface area contributed by atoms with Crippen molar-refractivity contribution in [3.8, 4) is 0 Å². The number of hydrogen-bond acceptors (Lipinski definition) is 4. The normalized spacial score (nSPS) is 12.7. The zero-order valence-corrected chi connectivity index (χ0v) is 12.7. The van der Waals surface area contributed by atoms with Crippen LogP contribution >= 0.6 is 0 Å². The third-order valence-corrected chi connectivity index (χ3v) is 3.08. The summed E-state index contributed by atoms with van der Waals surface area (Å²) in [6, 6.07) is 2.24. The molecule has 0 fully saturated rings. The summed E-state index contributed by atoms with van der Waals surface area (Å²) in [4.78, 5) is 8.75. The smallest absolute Gasteiger partial charge is 0.133 e. The Hall–Kier alpha value is -1.32. The van der Waals surface area contributed by atoms with E-state index in [0.29, 0.717) is 11.9 Å². The van der Waals surface area contributed by atoms with Gasteiger partial charge in [0.05, 0.1) is 0 Å². The quantitative estimate of drug-likeness (QED) is 0.752. The van der Waals surface area contributed by atoms with Crippen LogP contribution in [0.3, 0.4) is 0 Å². The third kappa shape index (κ3) is 6.41. The van der Waals surface area contributed by atoms with Gasteiger partial charge < -0.3 is 11.1 Å². The van der Waals surface area contributed by atoms with Crippen LogP contribution in [0.25, 0.3) is 0 Å². The number of nitrogen functional groups attached to an aromatic ring is 1. The summed E-state index contributed by atoms with van der Waals surface area (Å²) in [5, 5.41) is 3.42. The summed E-state index contributed by atoms with van der Waals surface area (Å²) in [5.41, 5.74) is 5.81. The molecule has 1 heterocycles. The van der Waals surface area contributed by atoms with E-state index in [4.69, 9.17) is 5.73 Å². The molecule has 1 aromatic rings. The highest BCUT2D eigenvalue weighted by Crippen LogP contribution is 2.14. The predicted molar refractivity (Wildman–Crippen MR) is 82.2 cm³/mol. The molecule has 4 heteroatoms. The van der Waals surface area contributed by atoms with Gasteiger partial charge in [-0.1, -0.05) is 33.6 Å². The number of hydrogen-bond donors (Lipinski definition) is 2. The molecule has 0 spiro atoms. The summed E-state index contributed by atoms with van der Waals surface area (Å²) < 4.78 is 0. The van der Waals surface area contributed by atoms with Gasteiger partial charge in [0.25, 0.3) is 0 Å². The number of nitrogens with one attached hydrogen (secondary N) is 1. The van der Waals surface area contributed by atoms with Crippen molar-refractivity contribution in [3.63, 3.8) is 0 Å². The molecule has 0 aliphatic heterocycles. The molecule has 3 N–H and O–H groups in total. The Morgan fingerprint density at radius 2 is 1.95 bits per heavy atom. The third-order valence-electron chi connectivity index (χ3n) is 3.08. The molecule has 0 saturated heterocycles. The zero-order chi connectivity index (χ0) is 14.3. The maximum absolute atomic E-state index is 5.81. The first-order valence-corrected chi connectivity index (χ1v) is 7.41. The van der Waals surface area contributed by atoms with Crippen molar-refractivity contribution in [2.75, 3.05) is 11.1 Å². The molecule has 1 aromatic heterocycles. The molecule has 0 aliphatic carbocycles. The fraction of sp³-hybridized carbons (Fsp3) is 0.733. The van der Waals surface area contributed by atoms with E-state index < -0.39 is 0 Å². The van der Waals surface area contributed by atoms with Crippen molar-refractivity contribution in [2.24, 2.45) is 5.92 Å². The van der Waals surface area contributed by atoms with E-state index >= 15 is 0 Å². The first kappa shape index (κ1) is 15.7. The van der Waals surface area contributed by atoms with Crippen molar-refractivity contribution in [2.45, 2.75) is 65.8 Å². The Morgan fingerprint density at radius 1 is 1.21 bits per heavy atom. The van der Waals surface area contributed by atoms with E-state index in [9.17, 15) is 0 Å². The maximum atomic E-state index is 5.81. The van der Waals surface area contributed by atoms with Crippen LogP contribution < -0.4 is 11.1 Å². The predicted octanol–water partition coefficient (Wildman–Crippen LogP) is 3.64. The standard InChI is InChI=1S/C15H28N4/c1-5-7-14-18-13(16)10-15(19-14)17-12(4)9-6-8-11(2)3/h10-12H,5-9H2,1-4H3,(H3,16,17,18,19). The van der Waals surface area contributed by atoms with Crippen molar-refractivity contribution in [1.82, 2.24) is 9.97 Å². The van der Waals surface area contributed by atoms with Crippen LogP contribution in [-0.4, -0.2) is 16.0 Å². The number of nitrogens with two attached hydrogens (primary N) is 1. The summed E-state index contributed by atoms with van der Waals surface area (Å²) in [6.07, 6.45) is 5.59. The van der Waals surface area contributed by atoms with Crippen LogP contribution in [0.15, 0.2) is 6.07 Å². The zero-order valence-electron chi connectivity index (χ0n) is 12.7. The molecule has 0 amide bonds. The number of nitrogens with zero attached hydrogens (tertiary/aromatic N) is 2. The summed E-state index contributed by atoms with van der Waals surface area (Å²) in [7, 11) is 0.